The Morgan fingerprint density at radius 3 is 2.94 bits per heavy atom. The third-order valence-electron chi connectivity index (χ3n) is 1.90. The van der Waals surface area contributed by atoms with Crippen LogP contribution in [0.15, 0.2) is 24.3 Å². The Bertz CT molecular complexity index is 524. The first-order chi connectivity index (χ1) is 7.66. The standard InChI is InChI=1S/C10H9N3O2S/c1-6-3-2-4-7(5-6)15-10(14)8-9(11)12-13-16-8/h2-5H,11H2,1H3. The van der Waals surface area contributed by atoms with Gasteiger partial charge in [0.2, 0.25) is 0 Å². The monoisotopic (exact) mass is 235 g/mol. The molecule has 0 aliphatic heterocycles. The smallest absolute Gasteiger partial charge is 0.359 e. The average Bonchev–Trinajstić information content (AvgIpc) is 2.64. The average molecular weight is 235 g/mol. The maximum absolute atomic E-state index is 11.6. The third kappa shape index (κ3) is 2.17. The number of carbonyl (C=O) groups is 1. The van der Waals surface area contributed by atoms with Crippen LogP contribution in [0.25, 0.3) is 0 Å². The summed E-state index contributed by atoms with van der Waals surface area (Å²) in [6.07, 6.45) is 0. The van der Waals surface area contributed by atoms with Gasteiger partial charge in [0.05, 0.1) is 0 Å². The molecule has 0 spiro atoms. The molecule has 1 heterocycles. The third-order valence-corrected chi connectivity index (χ3v) is 2.62. The summed E-state index contributed by atoms with van der Waals surface area (Å²) in [4.78, 5) is 11.9. The molecule has 5 nitrogen and oxygen atoms in total. The van der Waals surface area contributed by atoms with Gasteiger partial charge in [-0.25, -0.2) is 4.79 Å². The van der Waals surface area contributed by atoms with Gasteiger partial charge in [0.25, 0.3) is 0 Å². The zero-order valence-corrected chi connectivity index (χ0v) is 9.32. The molecule has 82 valence electrons. The van der Waals surface area contributed by atoms with Crippen molar-refractivity contribution in [1.29, 1.82) is 0 Å². The maximum atomic E-state index is 11.6. The van der Waals surface area contributed by atoms with Gasteiger partial charge in [-0.15, -0.1) is 5.10 Å². The molecule has 2 rings (SSSR count). The zero-order valence-electron chi connectivity index (χ0n) is 8.51. The predicted molar refractivity (Wildman–Crippen MR) is 60.5 cm³/mol. The molecule has 1 aromatic carbocycles. The molecule has 2 aromatic rings. The minimum absolute atomic E-state index is 0.0997. The van der Waals surface area contributed by atoms with Crippen LogP contribution < -0.4 is 10.5 Å². The topological polar surface area (TPSA) is 78.1 Å². The highest BCUT2D eigenvalue weighted by Crippen LogP contribution is 2.18. The highest BCUT2D eigenvalue weighted by atomic mass is 32.1. The number of benzene rings is 1. The van der Waals surface area contributed by atoms with Crippen molar-refractivity contribution in [2.75, 3.05) is 5.73 Å². The molecular weight excluding hydrogens is 226 g/mol. The van der Waals surface area contributed by atoms with Crippen LogP contribution in [0.1, 0.15) is 15.2 Å². The van der Waals surface area contributed by atoms with E-state index in [0.717, 1.165) is 17.1 Å². The van der Waals surface area contributed by atoms with Crippen molar-refractivity contribution in [2.45, 2.75) is 6.92 Å². The Labute approximate surface area is 96.0 Å². The van der Waals surface area contributed by atoms with E-state index in [4.69, 9.17) is 10.5 Å². The lowest BCUT2D eigenvalue weighted by Crippen LogP contribution is -2.09. The number of carbonyl (C=O) groups excluding carboxylic acids is 1. The highest BCUT2D eigenvalue weighted by molar-refractivity contribution is 7.08. The molecular formula is C10H9N3O2S. The second-order valence-corrected chi connectivity index (χ2v) is 3.95. The second kappa shape index (κ2) is 4.28. The Morgan fingerprint density at radius 2 is 2.31 bits per heavy atom. The van der Waals surface area contributed by atoms with E-state index in [1.54, 1.807) is 12.1 Å². The summed E-state index contributed by atoms with van der Waals surface area (Å²) >= 11 is 0.920. The second-order valence-electron chi connectivity index (χ2n) is 3.19. The van der Waals surface area contributed by atoms with Gasteiger partial charge in [0.1, 0.15) is 5.75 Å². The van der Waals surface area contributed by atoms with Gasteiger partial charge in [0, 0.05) is 0 Å². The van der Waals surface area contributed by atoms with Crippen LogP contribution in [0.3, 0.4) is 0 Å². The molecule has 0 saturated heterocycles. The van der Waals surface area contributed by atoms with Gasteiger partial charge < -0.3 is 10.5 Å². The number of aromatic nitrogens is 2. The number of nitrogens with two attached hydrogens (primary N) is 1. The number of hydrogen-bond acceptors (Lipinski definition) is 6. The Balaban J connectivity index is 2.17. The van der Waals surface area contributed by atoms with Crippen LogP contribution in [0.5, 0.6) is 5.75 Å². The number of nitrogens with zero attached hydrogens (tertiary/aromatic N) is 2. The Morgan fingerprint density at radius 1 is 1.50 bits per heavy atom. The molecule has 0 unspecified atom stereocenters. The fourth-order valence-electron chi connectivity index (χ4n) is 1.17. The summed E-state index contributed by atoms with van der Waals surface area (Å²) in [6.45, 7) is 1.92. The van der Waals surface area contributed by atoms with Crippen LogP contribution in [0.4, 0.5) is 5.82 Å². The molecule has 0 fully saturated rings. The first-order valence-electron chi connectivity index (χ1n) is 4.53. The van der Waals surface area contributed by atoms with Crippen molar-refractivity contribution in [3.63, 3.8) is 0 Å². The molecule has 0 aliphatic rings. The lowest BCUT2D eigenvalue weighted by molar-refractivity contribution is 0.0740. The van der Waals surface area contributed by atoms with Crippen molar-refractivity contribution in [3.05, 3.63) is 34.7 Å². The number of ether oxygens (including phenoxy) is 1. The van der Waals surface area contributed by atoms with E-state index >= 15 is 0 Å². The van der Waals surface area contributed by atoms with Crippen LogP contribution in [-0.2, 0) is 0 Å². The van der Waals surface area contributed by atoms with Crippen molar-refractivity contribution in [1.82, 2.24) is 9.59 Å². The van der Waals surface area contributed by atoms with E-state index in [2.05, 4.69) is 9.59 Å². The number of esters is 1. The summed E-state index contributed by atoms with van der Waals surface area (Å²) in [5.41, 5.74) is 6.48. The number of hydrogen-bond donors (Lipinski definition) is 1. The van der Waals surface area contributed by atoms with E-state index in [-0.39, 0.29) is 10.7 Å². The molecule has 1 aromatic heterocycles. The number of aryl methyl sites for hydroxylation is 1. The maximum Gasteiger partial charge on any atom is 0.359 e. The normalized spacial score (nSPS) is 10.1. The zero-order chi connectivity index (χ0) is 11.5. The van der Waals surface area contributed by atoms with Crippen molar-refractivity contribution in [2.24, 2.45) is 0 Å². The molecule has 0 bridgehead atoms. The first-order valence-corrected chi connectivity index (χ1v) is 5.31. The van der Waals surface area contributed by atoms with Gasteiger partial charge in [-0.2, -0.15) is 0 Å². The largest absolute Gasteiger partial charge is 0.422 e. The van der Waals surface area contributed by atoms with Crippen LogP contribution in [-0.4, -0.2) is 15.6 Å². The van der Waals surface area contributed by atoms with Crippen LogP contribution >= 0.6 is 11.5 Å². The van der Waals surface area contributed by atoms with Gasteiger partial charge in [0.15, 0.2) is 10.7 Å². The fourth-order valence-corrected chi connectivity index (χ4v) is 1.63. The lowest BCUT2D eigenvalue weighted by Gasteiger charge is -2.02. The number of anilines is 1. The highest BCUT2D eigenvalue weighted by Gasteiger charge is 2.16. The Hall–Kier alpha value is -1.95. The predicted octanol–water partition coefficient (Wildman–Crippen LogP) is 1.65. The van der Waals surface area contributed by atoms with Crippen LogP contribution in [0, 0.1) is 6.92 Å². The summed E-state index contributed by atoms with van der Waals surface area (Å²) in [7, 11) is 0. The summed E-state index contributed by atoms with van der Waals surface area (Å²) in [6, 6.07) is 7.20. The van der Waals surface area contributed by atoms with E-state index in [1.165, 1.54) is 0 Å². The van der Waals surface area contributed by atoms with Crippen molar-refractivity contribution < 1.29 is 9.53 Å². The Kier molecular flexibility index (Phi) is 2.82. The number of rotatable bonds is 2. The quantitative estimate of drug-likeness (QED) is 0.632. The summed E-state index contributed by atoms with van der Waals surface area (Å²) in [5.74, 6) is 0.0542. The first kappa shape index (κ1) is 10.6. The molecule has 0 radical (unpaired) electrons. The summed E-state index contributed by atoms with van der Waals surface area (Å²) in [5, 5.41) is 3.54. The van der Waals surface area contributed by atoms with E-state index < -0.39 is 5.97 Å². The van der Waals surface area contributed by atoms with Gasteiger partial charge >= 0.3 is 5.97 Å². The van der Waals surface area contributed by atoms with Gasteiger partial charge in [-0.05, 0) is 36.2 Å². The molecule has 2 N–H and O–H groups in total. The minimum atomic E-state index is -0.530. The molecule has 0 aliphatic carbocycles. The van der Waals surface area contributed by atoms with Gasteiger partial charge in [-0.3, -0.25) is 0 Å². The minimum Gasteiger partial charge on any atom is -0.422 e. The SMILES string of the molecule is Cc1cccc(OC(=O)c2snnc2N)c1. The lowest BCUT2D eigenvalue weighted by atomic mass is 10.2. The molecule has 0 saturated carbocycles. The number of nitrogen functional groups attached to an aromatic ring is 1. The van der Waals surface area contributed by atoms with E-state index in [0.29, 0.717) is 5.75 Å². The van der Waals surface area contributed by atoms with E-state index in [9.17, 15) is 4.79 Å². The molecule has 16 heavy (non-hydrogen) atoms. The van der Waals surface area contributed by atoms with Gasteiger partial charge in [-0.1, -0.05) is 16.6 Å². The molecule has 6 heteroatoms. The summed E-state index contributed by atoms with van der Waals surface area (Å²) < 4.78 is 8.70. The van der Waals surface area contributed by atoms with E-state index in [1.807, 2.05) is 19.1 Å². The van der Waals surface area contributed by atoms with Crippen molar-refractivity contribution >= 4 is 23.3 Å². The fraction of sp³-hybridized carbons (Fsp3) is 0.100. The molecule has 0 amide bonds. The van der Waals surface area contributed by atoms with Crippen LogP contribution in [0.2, 0.25) is 0 Å². The van der Waals surface area contributed by atoms with Crippen molar-refractivity contribution in [3.8, 4) is 5.75 Å². The molecule has 0 atom stereocenters.